The lowest BCUT2D eigenvalue weighted by molar-refractivity contribution is -0.138. The molecular formula is C17H21F2N3O3. The number of anilines is 1. The van der Waals surface area contributed by atoms with Gasteiger partial charge in [-0.15, -0.1) is 0 Å². The molecule has 1 aromatic rings. The lowest BCUT2D eigenvalue weighted by atomic mass is 10.2. The lowest BCUT2D eigenvalue weighted by Gasteiger charge is -2.34. The molecule has 25 heavy (non-hydrogen) atoms. The van der Waals surface area contributed by atoms with Crippen molar-refractivity contribution in [2.24, 2.45) is 0 Å². The molecule has 0 radical (unpaired) electrons. The maximum Gasteiger partial charge on any atom is 0.224 e. The number of halogens is 2. The first-order valence-corrected chi connectivity index (χ1v) is 8.06. The molecule has 1 aromatic carbocycles. The van der Waals surface area contributed by atoms with E-state index in [9.17, 15) is 23.2 Å². The van der Waals surface area contributed by atoms with E-state index in [1.807, 2.05) is 0 Å². The highest BCUT2D eigenvalue weighted by Gasteiger charge is 2.24. The maximum atomic E-state index is 13.9. The Balaban J connectivity index is 1.96. The Morgan fingerprint density at radius 1 is 1.04 bits per heavy atom. The molecular weight excluding hydrogens is 332 g/mol. The predicted octanol–water partition coefficient (Wildman–Crippen LogP) is 1.40. The second-order valence-electron chi connectivity index (χ2n) is 5.90. The number of benzene rings is 1. The Bertz CT molecular complexity index is 673. The summed E-state index contributed by atoms with van der Waals surface area (Å²) in [7, 11) is 0. The second-order valence-corrected chi connectivity index (χ2v) is 5.90. The summed E-state index contributed by atoms with van der Waals surface area (Å²) in [5.74, 6) is -2.21. The summed E-state index contributed by atoms with van der Waals surface area (Å²) in [6, 6.07) is 2.95. The minimum Gasteiger partial charge on any atom is -0.339 e. The summed E-state index contributed by atoms with van der Waals surface area (Å²) in [6.45, 7) is 4.57. The minimum absolute atomic E-state index is 0.00361. The topological polar surface area (TPSA) is 60.9 Å². The van der Waals surface area contributed by atoms with Crippen molar-refractivity contribution in [3.05, 3.63) is 29.8 Å². The van der Waals surface area contributed by atoms with Crippen molar-refractivity contribution < 1.29 is 23.2 Å². The van der Waals surface area contributed by atoms with Crippen molar-refractivity contribution >= 4 is 23.4 Å². The van der Waals surface area contributed by atoms with E-state index >= 15 is 0 Å². The number of hydrogen-bond donors (Lipinski definition) is 0. The highest BCUT2D eigenvalue weighted by molar-refractivity contribution is 5.92. The number of amides is 3. The molecule has 0 bridgehead atoms. The molecule has 1 fully saturated rings. The van der Waals surface area contributed by atoms with Crippen molar-refractivity contribution in [3.63, 3.8) is 0 Å². The fourth-order valence-corrected chi connectivity index (χ4v) is 2.78. The Kier molecular flexibility index (Phi) is 6.06. The van der Waals surface area contributed by atoms with Crippen LogP contribution in [-0.4, -0.2) is 60.2 Å². The van der Waals surface area contributed by atoms with Crippen LogP contribution in [0.4, 0.5) is 14.5 Å². The van der Waals surface area contributed by atoms with Gasteiger partial charge in [0.15, 0.2) is 0 Å². The van der Waals surface area contributed by atoms with Gasteiger partial charge in [0.25, 0.3) is 0 Å². The van der Waals surface area contributed by atoms with Gasteiger partial charge in [-0.05, 0) is 12.1 Å². The van der Waals surface area contributed by atoms with Crippen LogP contribution < -0.4 is 4.90 Å². The number of carbonyl (C=O) groups excluding carboxylic acids is 3. The van der Waals surface area contributed by atoms with Crippen LogP contribution in [0.5, 0.6) is 0 Å². The van der Waals surface area contributed by atoms with Gasteiger partial charge in [0.2, 0.25) is 17.7 Å². The summed E-state index contributed by atoms with van der Waals surface area (Å²) >= 11 is 0. The van der Waals surface area contributed by atoms with E-state index in [0.717, 1.165) is 11.0 Å². The first-order chi connectivity index (χ1) is 11.8. The minimum atomic E-state index is -0.849. The zero-order valence-corrected chi connectivity index (χ0v) is 14.3. The predicted molar refractivity (Wildman–Crippen MR) is 87.8 cm³/mol. The molecule has 0 unspecified atom stereocenters. The van der Waals surface area contributed by atoms with E-state index in [2.05, 4.69) is 0 Å². The summed E-state index contributed by atoms with van der Waals surface area (Å²) in [6.07, 6.45) is 0.0243. The van der Waals surface area contributed by atoms with Crippen molar-refractivity contribution in [1.29, 1.82) is 0 Å². The van der Waals surface area contributed by atoms with E-state index in [1.165, 1.54) is 19.9 Å². The molecule has 0 saturated carbocycles. The Morgan fingerprint density at radius 3 is 2.16 bits per heavy atom. The quantitative estimate of drug-likeness (QED) is 0.822. The molecule has 1 saturated heterocycles. The van der Waals surface area contributed by atoms with Gasteiger partial charge in [-0.3, -0.25) is 14.4 Å². The van der Waals surface area contributed by atoms with Crippen LogP contribution in [0.15, 0.2) is 18.2 Å². The zero-order valence-electron chi connectivity index (χ0n) is 14.3. The van der Waals surface area contributed by atoms with Crippen molar-refractivity contribution in [2.45, 2.75) is 20.3 Å². The average Bonchev–Trinajstić information content (AvgIpc) is 2.56. The molecule has 2 rings (SSSR count). The fraction of sp³-hybridized carbons (Fsp3) is 0.471. The van der Waals surface area contributed by atoms with Gasteiger partial charge < -0.3 is 14.7 Å². The van der Waals surface area contributed by atoms with Crippen molar-refractivity contribution in [3.8, 4) is 0 Å². The third kappa shape index (κ3) is 4.74. The third-order valence-electron chi connectivity index (χ3n) is 4.21. The van der Waals surface area contributed by atoms with Gasteiger partial charge in [0.1, 0.15) is 11.6 Å². The van der Waals surface area contributed by atoms with Crippen LogP contribution in [-0.2, 0) is 14.4 Å². The van der Waals surface area contributed by atoms with E-state index in [-0.39, 0.29) is 30.5 Å². The van der Waals surface area contributed by atoms with Gasteiger partial charge in [-0.1, -0.05) is 0 Å². The molecule has 136 valence electrons. The van der Waals surface area contributed by atoms with Gasteiger partial charge in [0.05, 0.1) is 5.69 Å². The van der Waals surface area contributed by atoms with Crippen LogP contribution in [0.3, 0.4) is 0 Å². The molecule has 3 amide bonds. The monoisotopic (exact) mass is 353 g/mol. The highest BCUT2D eigenvalue weighted by Crippen LogP contribution is 2.21. The largest absolute Gasteiger partial charge is 0.339 e. The Hall–Kier alpha value is -2.51. The van der Waals surface area contributed by atoms with Crippen LogP contribution in [0.1, 0.15) is 20.3 Å². The van der Waals surface area contributed by atoms with Crippen LogP contribution in [0, 0.1) is 11.6 Å². The van der Waals surface area contributed by atoms with Crippen LogP contribution >= 0.6 is 0 Å². The van der Waals surface area contributed by atoms with Gasteiger partial charge in [-0.25, -0.2) is 8.78 Å². The van der Waals surface area contributed by atoms with Crippen LogP contribution in [0.2, 0.25) is 0 Å². The Morgan fingerprint density at radius 2 is 1.64 bits per heavy atom. The molecule has 0 spiro atoms. The normalized spacial score (nSPS) is 14.4. The highest BCUT2D eigenvalue weighted by atomic mass is 19.1. The van der Waals surface area contributed by atoms with E-state index < -0.39 is 17.5 Å². The standard InChI is InChI=1S/C17H21F2N3O3/c1-12(23)20-7-9-21(10-8-20)17(25)5-6-22(13(2)24)16-4-3-14(18)11-15(16)19/h3-4,11H,5-10H2,1-2H3. The van der Waals surface area contributed by atoms with Crippen molar-refractivity contribution in [1.82, 2.24) is 9.80 Å². The van der Waals surface area contributed by atoms with Gasteiger partial charge >= 0.3 is 0 Å². The average molecular weight is 353 g/mol. The van der Waals surface area contributed by atoms with E-state index in [0.29, 0.717) is 32.2 Å². The first kappa shape index (κ1) is 18.8. The molecule has 0 aromatic heterocycles. The molecule has 1 aliphatic heterocycles. The SMILES string of the molecule is CC(=O)N1CCN(C(=O)CCN(C(C)=O)c2ccc(F)cc2F)CC1. The first-order valence-electron chi connectivity index (χ1n) is 8.06. The van der Waals surface area contributed by atoms with E-state index in [4.69, 9.17) is 0 Å². The van der Waals surface area contributed by atoms with Crippen molar-refractivity contribution in [2.75, 3.05) is 37.6 Å². The maximum absolute atomic E-state index is 13.9. The summed E-state index contributed by atoms with van der Waals surface area (Å²) in [5.41, 5.74) is -0.0527. The number of rotatable bonds is 4. The molecule has 0 atom stereocenters. The van der Waals surface area contributed by atoms with Crippen LogP contribution in [0.25, 0.3) is 0 Å². The summed E-state index contributed by atoms with van der Waals surface area (Å²) in [5, 5.41) is 0. The molecule has 1 heterocycles. The van der Waals surface area contributed by atoms with Gasteiger partial charge in [-0.2, -0.15) is 0 Å². The second kappa shape index (κ2) is 8.04. The zero-order chi connectivity index (χ0) is 18.6. The number of nitrogens with zero attached hydrogens (tertiary/aromatic N) is 3. The molecule has 6 nitrogen and oxygen atoms in total. The third-order valence-corrected chi connectivity index (χ3v) is 4.21. The molecule has 1 aliphatic rings. The lowest BCUT2D eigenvalue weighted by Crippen LogP contribution is -2.50. The fourth-order valence-electron chi connectivity index (χ4n) is 2.78. The Labute approximate surface area is 145 Å². The molecule has 0 aliphatic carbocycles. The van der Waals surface area contributed by atoms with Gasteiger partial charge in [0, 0.05) is 59.1 Å². The van der Waals surface area contributed by atoms with E-state index in [1.54, 1.807) is 9.80 Å². The number of carbonyl (C=O) groups is 3. The summed E-state index contributed by atoms with van der Waals surface area (Å²) < 4.78 is 26.9. The number of hydrogen-bond acceptors (Lipinski definition) is 3. The summed E-state index contributed by atoms with van der Waals surface area (Å²) in [4.78, 5) is 39.8. The smallest absolute Gasteiger partial charge is 0.224 e. The molecule has 0 N–H and O–H groups in total. The number of piperazine rings is 1. The molecule has 8 heteroatoms.